The maximum absolute atomic E-state index is 13.6. The van der Waals surface area contributed by atoms with Crippen molar-refractivity contribution in [3.63, 3.8) is 0 Å². The van der Waals surface area contributed by atoms with Gasteiger partial charge in [-0.05, 0) is 65.7 Å². The Bertz CT molecular complexity index is 1420. The number of carbonyl (C=O) groups is 1. The molecule has 0 spiro atoms. The van der Waals surface area contributed by atoms with Gasteiger partial charge in [-0.3, -0.25) is 4.79 Å². The van der Waals surface area contributed by atoms with Crippen LogP contribution in [0.5, 0.6) is 0 Å². The van der Waals surface area contributed by atoms with Gasteiger partial charge in [0.15, 0.2) is 10.8 Å². The molecule has 0 aliphatic carbocycles. The molecular formula is C25H25N5O3S2. The topological polar surface area (TPSA) is 122 Å². The van der Waals surface area contributed by atoms with Crippen LogP contribution in [0.4, 0.5) is 11.4 Å². The van der Waals surface area contributed by atoms with Crippen LogP contribution in [0.15, 0.2) is 82.8 Å². The molecule has 1 amide bonds. The molecule has 4 rings (SSSR count). The van der Waals surface area contributed by atoms with Gasteiger partial charge in [0, 0.05) is 5.56 Å². The molecule has 0 saturated heterocycles. The fourth-order valence-electron chi connectivity index (χ4n) is 3.82. The van der Waals surface area contributed by atoms with E-state index >= 15 is 0 Å². The zero-order valence-corrected chi connectivity index (χ0v) is 20.9. The van der Waals surface area contributed by atoms with E-state index in [2.05, 4.69) is 18.9 Å². The van der Waals surface area contributed by atoms with Crippen LogP contribution in [0.2, 0.25) is 0 Å². The van der Waals surface area contributed by atoms with Crippen LogP contribution >= 0.6 is 12.2 Å². The van der Waals surface area contributed by atoms with E-state index in [1.807, 2.05) is 48.5 Å². The number of benzene rings is 3. The molecule has 1 heterocycles. The molecule has 0 radical (unpaired) electrons. The van der Waals surface area contributed by atoms with Gasteiger partial charge in [-0.15, -0.1) is 0 Å². The Morgan fingerprint density at radius 3 is 2.29 bits per heavy atom. The first-order chi connectivity index (χ1) is 16.6. The molecular weight excluding hydrogens is 482 g/mol. The lowest BCUT2D eigenvalue weighted by Crippen LogP contribution is -2.35. The van der Waals surface area contributed by atoms with Crippen molar-refractivity contribution in [1.82, 2.24) is 0 Å². The van der Waals surface area contributed by atoms with Crippen LogP contribution in [-0.4, -0.2) is 25.1 Å². The smallest absolute Gasteiger partial charge is 0.279 e. The number of primary sulfonamides is 1. The van der Waals surface area contributed by atoms with Gasteiger partial charge in [-0.2, -0.15) is 5.10 Å². The van der Waals surface area contributed by atoms with Crippen LogP contribution in [0.1, 0.15) is 36.5 Å². The summed E-state index contributed by atoms with van der Waals surface area (Å²) in [5, 5.41) is 10.9. The van der Waals surface area contributed by atoms with Gasteiger partial charge in [0.25, 0.3) is 5.91 Å². The summed E-state index contributed by atoms with van der Waals surface area (Å²) in [5.41, 5.74) is 10.0. The van der Waals surface area contributed by atoms with E-state index in [1.165, 1.54) is 29.3 Å². The molecule has 4 N–H and O–H groups in total. The molecule has 3 aromatic rings. The zero-order chi connectivity index (χ0) is 25.3. The number of rotatable bonds is 6. The first kappa shape index (κ1) is 24.5. The number of fused-ring (bicyclic) bond motifs is 1. The molecule has 180 valence electrons. The van der Waals surface area contributed by atoms with Crippen molar-refractivity contribution in [3.8, 4) is 0 Å². The molecule has 1 aliphatic rings. The van der Waals surface area contributed by atoms with Gasteiger partial charge in [0.2, 0.25) is 10.0 Å². The zero-order valence-electron chi connectivity index (χ0n) is 19.3. The number of thiocarbonyl (C=S) groups is 1. The Morgan fingerprint density at radius 2 is 1.71 bits per heavy atom. The number of nitrogens with zero attached hydrogens (tertiary/aromatic N) is 3. The third-order valence-electron chi connectivity index (χ3n) is 5.68. The fraction of sp³-hybridized carbons (Fsp3) is 0.160. The number of carbonyl (C=O) groups excluding carboxylic acids is 1. The van der Waals surface area contributed by atoms with Crippen LogP contribution < -0.4 is 20.8 Å². The summed E-state index contributed by atoms with van der Waals surface area (Å²) in [5.74, 6) is -0.0376. The van der Waals surface area contributed by atoms with Crippen molar-refractivity contribution in [1.29, 1.82) is 0 Å². The summed E-state index contributed by atoms with van der Waals surface area (Å²) >= 11 is 5.21. The summed E-state index contributed by atoms with van der Waals surface area (Å²) < 4.78 is 23.2. The Hall–Kier alpha value is -3.60. The number of hydrazone groups is 1. The second-order valence-electron chi connectivity index (χ2n) is 8.45. The summed E-state index contributed by atoms with van der Waals surface area (Å²) in [6.45, 7) is 4.53. The van der Waals surface area contributed by atoms with Crippen LogP contribution in [0.25, 0.3) is 0 Å². The number of hydrogen-bond acceptors (Lipinski definition) is 5. The van der Waals surface area contributed by atoms with Gasteiger partial charge in [-0.1, -0.05) is 50.2 Å². The summed E-state index contributed by atoms with van der Waals surface area (Å²) in [6, 6.07) is 21.2. The lowest BCUT2D eigenvalue weighted by atomic mass is 9.99. The highest BCUT2D eigenvalue weighted by molar-refractivity contribution is 7.89. The van der Waals surface area contributed by atoms with E-state index in [0.29, 0.717) is 17.8 Å². The van der Waals surface area contributed by atoms with Crippen LogP contribution in [0, 0.1) is 0 Å². The third-order valence-corrected chi connectivity index (χ3v) is 6.79. The molecule has 0 fully saturated rings. The lowest BCUT2D eigenvalue weighted by molar-refractivity contribution is -0.112. The number of anilines is 2. The van der Waals surface area contributed by atoms with E-state index in [9.17, 15) is 13.2 Å². The minimum absolute atomic E-state index is 0.0605. The van der Waals surface area contributed by atoms with Gasteiger partial charge in [0.05, 0.1) is 22.8 Å². The largest absolute Gasteiger partial charge is 0.374 e. The van der Waals surface area contributed by atoms with Crippen LogP contribution in [-0.2, 0) is 21.4 Å². The predicted octanol–water partition coefficient (Wildman–Crippen LogP) is 3.46. The van der Waals surface area contributed by atoms with Crippen LogP contribution in [0.3, 0.4) is 0 Å². The highest BCUT2D eigenvalue weighted by Gasteiger charge is 2.35. The maximum atomic E-state index is 13.6. The molecule has 0 bridgehead atoms. The first-order valence-electron chi connectivity index (χ1n) is 10.9. The third kappa shape index (κ3) is 5.09. The molecule has 1 aliphatic heterocycles. The van der Waals surface area contributed by atoms with Gasteiger partial charge in [-0.25, -0.2) is 18.6 Å². The molecule has 0 saturated carbocycles. The van der Waals surface area contributed by atoms with Crippen molar-refractivity contribution >= 4 is 50.3 Å². The predicted molar refractivity (Wildman–Crippen MR) is 142 cm³/mol. The van der Waals surface area contributed by atoms with E-state index in [-0.39, 0.29) is 27.5 Å². The van der Waals surface area contributed by atoms with Crippen molar-refractivity contribution in [2.75, 3.05) is 9.91 Å². The van der Waals surface area contributed by atoms with Gasteiger partial charge < -0.3 is 10.6 Å². The molecule has 0 unspecified atom stereocenters. The molecule has 0 atom stereocenters. The normalized spacial score (nSPS) is 14.5. The van der Waals surface area contributed by atoms with Crippen molar-refractivity contribution < 1.29 is 13.2 Å². The maximum Gasteiger partial charge on any atom is 0.279 e. The molecule has 3 aromatic carbocycles. The summed E-state index contributed by atoms with van der Waals surface area (Å²) in [7, 11) is -3.87. The Kier molecular flexibility index (Phi) is 6.70. The highest BCUT2D eigenvalue weighted by atomic mass is 32.2. The van der Waals surface area contributed by atoms with Crippen molar-refractivity contribution in [2.24, 2.45) is 16.0 Å². The average Bonchev–Trinajstić information content (AvgIpc) is 3.07. The monoisotopic (exact) mass is 507 g/mol. The van der Waals surface area contributed by atoms with Crippen molar-refractivity contribution in [2.45, 2.75) is 31.2 Å². The van der Waals surface area contributed by atoms with E-state index in [4.69, 9.17) is 23.1 Å². The standard InChI is InChI=1S/C25H25N5O3S2/c1-16(2)18-8-13-22-21(14-18)23(24(31)29(22)15-17-6-4-3-5-7-17)28-30(25(26)34)19-9-11-20(12-10-19)35(27,32)33/h3-14,16H,15H2,1-2H3,(H2,26,34)(H2,27,32,33)/b28-23-. The van der Waals surface area contributed by atoms with E-state index in [0.717, 1.165) is 16.8 Å². The summed E-state index contributed by atoms with van der Waals surface area (Å²) in [6.07, 6.45) is 0. The minimum Gasteiger partial charge on any atom is -0.374 e. The fourth-order valence-corrected chi connectivity index (χ4v) is 4.48. The Balaban J connectivity index is 1.80. The average molecular weight is 508 g/mol. The molecule has 10 heteroatoms. The number of nitrogens with two attached hydrogens (primary N) is 2. The SMILES string of the molecule is CC(C)c1ccc2c(c1)/C(=N/N(C(N)=S)c1ccc(S(N)(=O)=O)cc1)C(=O)N2Cc1ccccc1. The molecule has 8 nitrogen and oxygen atoms in total. The van der Waals surface area contributed by atoms with Gasteiger partial charge in [0.1, 0.15) is 0 Å². The summed E-state index contributed by atoms with van der Waals surface area (Å²) in [4.78, 5) is 15.2. The second kappa shape index (κ2) is 9.57. The number of hydrogen-bond donors (Lipinski definition) is 2. The Labute approximate surface area is 209 Å². The highest BCUT2D eigenvalue weighted by Crippen LogP contribution is 2.34. The second-order valence-corrected chi connectivity index (χ2v) is 10.4. The van der Waals surface area contributed by atoms with Gasteiger partial charge >= 0.3 is 0 Å². The van der Waals surface area contributed by atoms with Crippen molar-refractivity contribution in [3.05, 3.63) is 89.5 Å². The Morgan fingerprint density at radius 1 is 1.06 bits per heavy atom. The van der Waals surface area contributed by atoms with E-state index < -0.39 is 10.0 Å². The minimum atomic E-state index is -3.87. The van der Waals surface area contributed by atoms with E-state index in [1.54, 1.807) is 4.90 Å². The number of amides is 1. The molecule has 35 heavy (non-hydrogen) atoms. The molecule has 0 aromatic heterocycles. The first-order valence-corrected chi connectivity index (χ1v) is 12.8. The number of sulfonamides is 1. The lowest BCUT2D eigenvalue weighted by Gasteiger charge is -2.19. The quantitative estimate of drug-likeness (QED) is 0.389.